The second-order valence-corrected chi connectivity index (χ2v) is 4.24. The van der Waals surface area contributed by atoms with E-state index >= 15 is 0 Å². The predicted molar refractivity (Wildman–Crippen MR) is 68.8 cm³/mol. The molecule has 0 fully saturated rings. The lowest BCUT2D eigenvalue weighted by molar-refractivity contribution is -0.114. The van der Waals surface area contributed by atoms with Crippen molar-refractivity contribution >= 4 is 11.8 Å². The number of rotatable bonds is 3. The quantitative estimate of drug-likeness (QED) is 0.857. The summed E-state index contributed by atoms with van der Waals surface area (Å²) >= 11 is 0. The Hall–Kier alpha value is -2.10. The fourth-order valence-electron chi connectivity index (χ4n) is 2.21. The number of amides is 2. The first-order valence-corrected chi connectivity index (χ1v) is 6.00. The molecule has 1 heterocycles. The van der Waals surface area contributed by atoms with Gasteiger partial charge in [0.15, 0.2) is 5.78 Å². The van der Waals surface area contributed by atoms with Crippen LogP contribution >= 0.6 is 0 Å². The van der Waals surface area contributed by atoms with Crippen LogP contribution in [0.4, 0.5) is 4.79 Å². The molecule has 0 aromatic heterocycles. The van der Waals surface area contributed by atoms with E-state index in [4.69, 9.17) is 0 Å². The van der Waals surface area contributed by atoms with E-state index in [-0.39, 0.29) is 17.9 Å². The van der Waals surface area contributed by atoms with Crippen molar-refractivity contribution in [3.8, 4) is 0 Å². The van der Waals surface area contributed by atoms with Crippen molar-refractivity contribution < 1.29 is 9.59 Å². The van der Waals surface area contributed by atoms with Crippen LogP contribution in [-0.4, -0.2) is 11.8 Å². The number of benzene rings is 1. The summed E-state index contributed by atoms with van der Waals surface area (Å²) in [6.45, 7) is 3.45. The van der Waals surface area contributed by atoms with E-state index in [9.17, 15) is 9.59 Å². The Kier molecular flexibility index (Phi) is 3.46. The van der Waals surface area contributed by atoms with E-state index in [1.807, 2.05) is 37.3 Å². The Morgan fingerprint density at radius 2 is 1.94 bits per heavy atom. The normalized spacial score (nSPS) is 19.2. The molecule has 0 bridgehead atoms. The number of allylic oxidation sites excluding steroid dienone is 1. The number of hydrogen-bond acceptors (Lipinski definition) is 2. The van der Waals surface area contributed by atoms with E-state index in [0.717, 1.165) is 5.56 Å². The molecule has 0 radical (unpaired) electrons. The molecule has 0 spiro atoms. The second kappa shape index (κ2) is 5.04. The van der Waals surface area contributed by atoms with Crippen molar-refractivity contribution in [1.82, 2.24) is 10.6 Å². The highest BCUT2D eigenvalue weighted by Crippen LogP contribution is 2.27. The smallest absolute Gasteiger partial charge is 0.319 e. The monoisotopic (exact) mass is 244 g/mol. The SMILES string of the molecule is CCC1=C(C(C)=O)C(c2ccccc2)NC(=O)N1. The number of hydrogen-bond donors (Lipinski definition) is 2. The molecule has 18 heavy (non-hydrogen) atoms. The fraction of sp³-hybridized carbons (Fsp3) is 0.286. The van der Waals surface area contributed by atoms with Gasteiger partial charge in [-0.1, -0.05) is 37.3 Å². The zero-order chi connectivity index (χ0) is 13.1. The van der Waals surface area contributed by atoms with Gasteiger partial charge in [-0.05, 0) is 18.9 Å². The van der Waals surface area contributed by atoms with Crippen LogP contribution in [0.2, 0.25) is 0 Å². The fourth-order valence-corrected chi connectivity index (χ4v) is 2.21. The van der Waals surface area contributed by atoms with Gasteiger partial charge in [-0.25, -0.2) is 4.79 Å². The first-order valence-electron chi connectivity index (χ1n) is 6.00. The highest BCUT2D eigenvalue weighted by atomic mass is 16.2. The van der Waals surface area contributed by atoms with Crippen molar-refractivity contribution in [1.29, 1.82) is 0 Å². The summed E-state index contributed by atoms with van der Waals surface area (Å²) in [5, 5.41) is 5.51. The first-order chi connectivity index (χ1) is 8.63. The van der Waals surface area contributed by atoms with Crippen molar-refractivity contribution in [2.75, 3.05) is 0 Å². The van der Waals surface area contributed by atoms with Gasteiger partial charge in [0.1, 0.15) is 0 Å². The predicted octanol–water partition coefficient (Wildman–Crippen LogP) is 2.29. The van der Waals surface area contributed by atoms with E-state index in [2.05, 4.69) is 10.6 Å². The van der Waals surface area contributed by atoms with Gasteiger partial charge in [0.25, 0.3) is 0 Å². The van der Waals surface area contributed by atoms with Crippen LogP contribution in [0.15, 0.2) is 41.6 Å². The van der Waals surface area contributed by atoms with Crippen molar-refractivity contribution in [2.45, 2.75) is 26.3 Å². The van der Waals surface area contributed by atoms with Crippen LogP contribution in [-0.2, 0) is 4.79 Å². The average Bonchev–Trinajstić information content (AvgIpc) is 2.38. The Morgan fingerprint density at radius 1 is 1.28 bits per heavy atom. The average molecular weight is 244 g/mol. The van der Waals surface area contributed by atoms with Gasteiger partial charge < -0.3 is 10.6 Å². The Labute approximate surface area is 106 Å². The summed E-state index contributed by atoms with van der Waals surface area (Å²) in [7, 11) is 0. The molecule has 1 aromatic carbocycles. The van der Waals surface area contributed by atoms with Crippen LogP contribution in [0.1, 0.15) is 31.9 Å². The van der Waals surface area contributed by atoms with Crippen molar-refractivity contribution in [3.05, 3.63) is 47.2 Å². The Bertz CT molecular complexity index is 506. The lowest BCUT2D eigenvalue weighted by Crippen LogP contribution is -2.45. The van der Waals surface area contributed by atoms with Gasteiger partial charge in [-0.2, -0.15) is 0 Å². The van der Waals surface area contributed by atoms with E-state index in [0.29, 0.717) is 17.7 Å². The largest absolute Gasteiger partial charge is 0.327 e. The molecule has 2 amide bonds. The zero-order valence-corrected chi connectivity index (χ0v) is 10.5. The van der Waals surface area contributed by atoms with Crippen LogP contribution in [0.3, 0.4) is 0 Å². The molecular formula is C14H16N2O2. The summed E-state index contributed by atoms with van der Waals surface area (Å²) in [4.78, 5) is 23.4. The third kappa shape index (κ3) is 2.27. The topological polar surface area (TPSA) is 58.2 Å². The van der Waals surface area contributed by atoms with Gasteiger partial charge >= 0.3 is 6.03 Å². The minimum atomic E-state index is -0.354. The Morgan fingerprint density at radius 3 is 2.50 bits per heavy atom. The maximum atomic E-state index is 11.8. The van der Waals surface area contributed by atoms with Crippen LogP contribution in [0.5, 0.6) is 0 Å². The number of nitrogens with one attached hydrogen (secondary N) is 2. The second-order valence-electron chi connectivity index (χ2n) is 4.24. The summed E-state index contributed by atoms with van der Waals surface area (Å²) < 4.78 is 0. The van der Waals surface area contributed by atoms with Crippen LogP contribution in [0, 0.1) is 0 Å². The number of ketones is 1. The maximum absolute atomic E-state index is 11.8. The minimum absolute atomic E-state index is 0.0202. The molecule has 2 N–H and O–H groups in total. The molecule has 1 aliphatic heterocycles. The molecule has 1 aromatic rings. The number of Topliss-reactive ketones (excluding diaryl/α,β-unsaturated/α-hetero) is 1. The minimum Gasteiger partial charge on any atom is -0.327 e. The van der Waals surface area contributed by atoms with E-state index in [1.165, 1.54) is 6.92 Å². The number of carbonyl (C=O) groups excluding carboxylic acids is 2. The summed E-state index contributed by atoms with van der Waals surface area (Å²) in [6, 6.07) is 8.90. The molecule has 1 atom stereocenters. The van der Waals surface area contributed by atoms with Gasteiger partial charge in [-0.15, -0.1) is 0 Å². The van der Waals surface area contributed by atoms with Crippen molar-refractivity contribution in [3.63, 3.8) is 0 Å². The van der Waals surface area contributed by atoms with Gasteiger partial charge in [0, 0.05) is 11.3 Å². The third-order valence-electron chi connectivity index (χ3n) is 3.02. The molecular weight excluding hydrogens is 228 g/mol. The van der Waals surface area contributed by atoms with Crippen molar-refractivity contribution in [2.24, 2.45) is 0 Å². The lowest BCUT2D eigenvalue weighted by Gasteiger charge is -2.29. The van der Waals surface area contributed by atoms with E-state index < -0.39 is 0 Å². The molecule has 2 rings (SSSR count). The number of urea groups is 1. The standard InChI is InChI=1S/C14H16N2O2/c1-3-11-12(9(2)17)13(16-14(18)15-11)10-7-5-4-6-8-10/h4-8,13H,3H2,1-2H3,(H2,15,16,18). The van der Waals surface area contributed by atoms with Gasteiger partial charge in [0.05, 0.1) is 6.04 Å². The van der Waals surface area contributed by atoms with Crippen LogP contribution in [0.25, 0.3) is 0 Å². The lowest BCUT2D eigenvalue weighted by atomic mass is 9.92. The van der Waals surface area contributed by atoms with E-state index in [1.54, 1.807) is 0 Å². The number of carbonyl (C=O) groups is 2. The molecule has 1 aliphatic rings. The summed E-state index contributed by atoms with van der Waals surface area (Å²) in [5.41, 5.74) is 2.27. The summed E-state index contributed by atoms with van der Waals surface area (Å²) in [5.74, 6) is -0.0202. The highest BCUT2D eigenvalue weighted by molar-refractivity contribution is 5.98. The zero-order valence-electron chi connectivity index (χ0n) is 10.5. The molecule has 94 valence electrons. The molecule has 4 heteroatoms. The van der Waals surface area contributed by atoms with Gasteiger partial charge in [0.2, 0.25) is 0 Å². The first kappa shape index (κ1) is 12.4. The molecule has 4 nitrogen and oxygen atoms in total. The Balaban J connectivity index is 2.50. The molecule has 0 saturated heterocycles. The van der Waals surface area contributed by atoms with Gasteiger partial charge in [-0.3, -0.25) is 4.79 Å². The van der Waals surface area contributed by atoms with Crippen LogP contribution < -0.4 is 10.6 Å². The molecule has 0 aliphatic carbocycles. The summed E-state index contributed by atoms with van der Waals surface area (Å²) in [6.07, 6.45) is 0.631. The maximum Gasteiger partial charge on any atom is 0.319 e. The highest BCUT2D eigenvalue weighted by Gasteiger charge is 2.29. The molecule has 0 saturated carbocycles. The third-order valence-corrected chi connectivity index (χ3v) is 3.02. The molecule has 1 unspecified atom stereocenters.